The fourth-order valence-electron chi connectivity index (χ4n) is 1.91. The summed E-state index contributed by atoms with van der Waals surface area (Å²) in [4.78, 5) is 0. The van der Waals surface area contributed by atoms with E-state index < -0.39 is 33.4 Å². The second-order valence-corrected chi connectivity index (χ2v) is 6.76. The normalized spacial score (nSPS) is 21.2. The van der Waals surface area contributed by atoms with Crippen LogP contribution < -0.4 is 0 Å². The maximum absolute atomic E-state index is 11.9. The predicted octanol–water partition coefficient (Wildman–Crippen LogP) is 2.86. The van der Waals surface area contributed by atoms with Crippen LogP contribution in [0.15, 0.2) is 11.6 Å². The summed E-state index contributed by atoms with van der Waals surface area (Å²) in [7, 11) is -3.45. The van der Waals surface area contributed by atoms with Gasteiger partial charge in [0.2, 0.25) is 0 Å². The van der Waals surface area contributed by atoms with Gasteiger partial charge in [0.05, 0.1) is 11.0 Å². The Morgan fingerprint density at radius 2 is 2.11 bits per heavy atom. The highest BCUT2D eigenvalue weighted by atomic mass is 32.2. The third-order valence-corrected chi connectivity index (χ3v) is 5.25. The molecule has 0 N–H and O–H groups in total. The van der Waals surface area contributed by atoms with Gasteiger partial charge in [-0.05, 0) is 31.3 Å². The minimum absolute atomic E-state index is 0.313. The number of alkyl halides is 3. The van der Waals surface area contributed by atoms with Gasteiger partial charge in [-0.15, -0.1) is 6.42 Å². The Labute approximate surface area is 105 Å². The van der Waals surface area contributed by atoms with E-state index >= 15 is 0 Å². The number of hydrogen-bond acceptors (Lipinski definition) is 2. The molecule has 102 valence electrons. The minimum atomic E-state index is -4.29. The Morgan fingerprint density at radius 1 is 1.44 bits per heavy atom. The van der Waals surface area contributed by atoms with E-state index in [0.717, 1.165) is 5.57 Å². The van der Waals surface area contributed by atoms with Crippen LogP contribution in [0.4, 0.5) is 13.2 Å². The first kappa shape index (κ1) is 15.1. The fourth-order valence-corrected chi connectivity index (χ4v) is 3.65. The number of sulfone groups is 1. The van der Waals surface area contributed by atoms with Crippen LogP contribution >= 0.6 is 0 Å². The van der Waals surface area contributed by atoms with Gasteiger partial charge in [-0.3, -0.25) is 0 Å². The Morgan fingerprint density at radius 3 is 2.56 bits per heavy atom. The van der Waals surface area contributed by atoms with Gasteiger partial charge in [0.15, 0.2) is 9.84 Å². The zero-order valence-corrected chi connectivity index (χ0v) is 10.6. The Balaban J connectivity index is 2.51. The molecular weight excluding hydrogens is 265 g/mol. The molecule has 0 spiro atoms. The zero-order valence-electron chi connectivity index (χ0n) is 9.83. The number of terminal acetylenes is 1. The van der Waals surface area contributed by atoms with Crippen LogP contribution in [0.1, 0.15) is 32.1 Å². The molecule has 1 aliphatic rings. The van der Waals surface area contributed by atoms with Crippen LogP contribution in [-0.4, -0.2) is 25.6 Å². The molecule has 1 aliphatic carbocycles. The molecule has 6 heteroatoms. The van der Waals surface area contributed by atoms with Crippen molar-refractivity contribution in [3.63, 3.8) is 0 Å². The van der Waals surface area contributed by atoms with Crippen LogP contribution in [-0.2, 0) is 9.84 Å². The minimum Gasteiger partial charge on any atom is -0.229 e. The van der Waals surface area contributed by atoms with Crippen molar-refractivity contribution in [2.75, 3.05) is 5.75 Å². The SMILES string of the molecule is C#CC1=CCC(S(=O)(=O)CCCC(F)(F)F)CC1. The first-order valence-corrected chi connectivity index (χ1v) is 7.40. The van der Waals surface area contributed by atoms with Crippen molar-refractivity contribution < 1.29 is 21.6 Å². The van der Waals surface area contributed by atoms with E-state index in [1.807, 2.05) is 0 Å². The zero-order chi connectivity index (χ0) is 13.8. The average molecular weight is 280 g/mol. The molecule has 0 aliphatic heterocycles. The van der Waals surface area contributed by atoms with Gasteiger partial charge in [-0.2, -0.15) is 13.2 Å². The highest BCUT2D eigenvalue weighted by Gasteiger charge is 2.30. The number of rotatable bonds is 4. The molecule has 0 aromatic heterocycles. The molecule has 0 aromatic rings. The molecule has 0 fully saturated rings. The number of halogens is 3. The van der Waals surface area contributed by atoms with E-state index in [2.05, 4.69) is 5.92 Å². The summed E-state index contributed by atoms with van der Waals surface area (Å²) in [6.07, 6.45) is 2.41. The van der Waals surface area contributed by atoms with Crippen LogP contribution in [0.3, 0.4) is 0 Å². The van der Waals surface area contributed by atoms with Gasteiger partial charge in [-0.1, -0.05) is 12.0 Å². The molecule has 0 radical (unpaired) electrons. The summed E-state index contributed by atoms with van der Waals surface area (Å²) in [6.45, 7) is 0. The Bertz CT molecular complexity index is 455. The quantitative estimate of drug-likeness (QED) is 0.742. The molecule has 0 heterocycles. The van der Waals surface area contributed by atoms with Gasteiger partial charge in [-0.25, -0.2) is 8.42 Å². The van der Waals surface area contributed by atoms with Crippen LogP contribution in [0.2, 0.25) is 0 Å². The smallest absolute Gasteiger partial charge is 0.229 e. The van der Waals surface area contributed by atoms with Gasteiger partial charge in [0.25, 0.3) is 0 Å². The molecule has 0 bridgehead atoms. The molecule has 1 rings (SSSR count). The summed E-state index contributed by atoms with van der Waals surface area (Å²) in [5.74, 6) is 2.05. The third kappa shape index (κ3) is 4.73. The largest absolute Gasteiger partial charge is 0.389 e. The topological polar surface area (TPSA) is 34.1 Å². The van der Waals surface area contributed by atoms with Crippen LogP contribution in [0.25, 0.3) is 0 Å². The van der Waals surface area contributed by atoms with Gasteiger partial charge in [0.1, 0.15) is 0 Å². The summed E-state index contributed by atoms with van der Waals surface area (Å²) in [5.41, 5.74) is 0.775. The van der Waals surface area contributed by atoms with E-state index in [-0.39, 0.29) is 6.42 Å². The van der Waals surface area contributed by atoms with E-state index in [1.54, 1.807) is 6.08 Å². The third-order valence-electron chi connectivity index (χ3n) is 2.95. The number of allylic oxidation sites excluding steroid dienone is 2. The monoisotopic (exact) mass is 280 g/mol. The molecule has 1 unspecified atom stereocenters. The van der Waals surface area contributed by atoms with Crippen LogP contribution in [0.5, 0.6) is 0 Å². The number of hydrogen-bond donors (Lipinski definition) is 0. The average Bonchev–Trinajstić information content (AvgIpc) is 2.27. The lowest BCUT2D eigenvalue weighted by atomic mass is 10.00. The predicted molar refractivity (Wildman–Crippen MR) is 63.6 cm³/mol. The molecule has 0 amide bonds. The summed E-state index contributed by atoms with van der Waals surface area (Å²) < 4.78 is 59.5. The van der Waals surface area contributed by atoms with Crippen LogP contribution in [0, 0.1) is 12.3 Å². The van der Waals surface area contributed by atoms with Gasteiger partial charge < -0.3 is 0 Å². The lowest BCUT2D eigenvalue weighted by Crippen LogP contribution is -2.26. The van der Waals surface area contributed by atoms with E-state index in [9.17, 15) is 21.6 Å². The summed E-state index contributed by atoms with van der Waals surface area (Å²) >= 11 is 0. The van der Waals surface area contributed by atoms with E-state index in [1.165, 1.54) is 0 Å². The molecular formula is C12H15F3O2S. The maximum Gasteiger partial charge on any atom is 0.389 e. The first-order chi connectivity index (χ1) is 8.24. The lowest BCUT2D eigenvalue weighted by molar-refractivity contribution is -0.134. The standard InChI is InChI=1S/C12H15F3O2S/c1-2-10-4-6-11(7-5-10)18(16,17)9-3-8-12(13,14)15/h1,4,11H,3,5-9H2. The molecule has 0 saturated heterocycles. The molecule has 0 saturated carbocycles. The highest BCUT2D eigenvalue weighted by Crippen LogP contribution is 2.26. The maximum atomic E-state index is 11.9. The summed E-state index contributed by atoms with van der Waals surface area (Å²) in [6, 6.07) is 0. The van der Waals surface area contributed by atoms with E-state index in [4.69, 9.17) is 6.42 Å². The van der Waals surface area contributed by atoms with Crippen molar-refractivity contribution in [3.05, 3.63) is 11.6 Å². The van der Waals surface area contributed by atoms with Crippen molar-refractivity contribution in [3.8, 4) is 12.3 Å². The van der Waals surface area contributed by atoms with Crippen molar-refractivity contribution in [2.45, 2.75) is 43.5 Å². The highest BCUT2D eigenvalue weighted by molar-refractivity contribution is 7.92. The van der Waals surface area contributed by atoms with E-state index in [0.29, 0.717) is 19.3 Å². The second-order valence-electron chi connectivity index (χ2n) is 4.36. The van der Waals surface area contributed by atoms with Crippen molar-refractivity contribution in [2.24, 2.45) is 0 Å². The van der Waals surface area contributed by atoms with Crippen molar-refractivity contribution >= 4 is 9.84 Å². The molecule has 2 nitrogen and oxygen atoms in total. The Hall–Kier alpha value is -0.960. The molecule has 1 atom stereocenters. The van der Waals surface area contributed by atoms with Crippen molar-refractivity contribution in [1.29, 1.82) is 0 Å². The first-order valence-electron chi connectivity index (χ1n) is 5.68. The Kier molecular flexibility index (Phi) is 4.85. The molecule has 18 heavy (non-hydrogen) atoms. The second kappa shape index (κ2) is 5.79. The van der Waals surface area contributed by atoms with Gasteiger partial charge in [0, 0.05) is 6.42 Å². The fraction of sp³-hybridized carbons (Fsp3) is 0.667. The van der Waals surface area contributed by atoms with Gasteiger partial charge >= 0.3 is 6.18 Å². The lowest BCUT2D eigenvalue weighted by Gasteiger charge is -2.20. The molecule has 0 aromatic carbocycles. The van der Waals surface area contributed by atoms with Crippen molar-refractivity contribution in [1.82, 2.24) is 0 Å². The summed E-state index contributed by atoms with van der Waals surface area (Å²) in [5, 5.41) is -0.581.